The van der Waals surface area contributed by atoms with Crippen LogP contribution >= 0.6 is 0 Å². The van der Waals surface area contributed by atoms with Crippen LogP contribution in [-0.2, 0) is 16.3 Å². The molecule has 4 nitrogen and oxygen atoms in total. The zero-order chi connectivity index (χ0) is 14.6. The molecule has 0 aliphatic rings. The molecule has 2 rings (SSSR count). The maximum Gasteiger partial charge on any atom is 0.175 e. The van der Waals surface area contributed by atoms with Gasteiger partial charge >= 0.3 is 0 Å². The van der Waals surface area contributed by atoms with Crippen molar-refractivity contribution < 1.29 is 13.2 Å². The van der Waals surface area contributed by atoms with Gasteiger partial charge in [0.05, 0.1) is 4.90 Å². The molecule has 0 fully saturated rings. The van der Waals surface area contributed by atoms with Gasteiger partial charge in [0.25, 0.3) is 0 Å². The van der Waals surface area contributed by atoms with Gasteiger partial charge < -0.3 is 10.5 Å². The van der Waals surface area contributed by atoms with Gasteiger partial charge in [-0.25, -0.2) is 8.42 Å². The van der Waals surface area contributed by atoms with E-state index in [0.717, 1.165) is 17.7 Å². The third kappa shape index (κ3) is 3.59. The van der Waals surface area contributed by atoms with Gasteiger partial charge in [-0.15, -0.1) is 0 Å². The van der Waals surface area contributed by atoms with Crippen LogP contribution in [0.15, 0.2) is 53.4 Å². The van der Waals surface area contributed by atoms with Crippen molar-refractivity contribution in [2.75, 3.05) is 12.8 Å². The van der Waals surface area contributed by atoms with Crippen LogP contribution in [-0.4, -0.2) is 21.2 Å². The average Bonchev–Trinajstić information content (AvgIpc) is 2.41. The molecule has 106 valence electrons. The minimum absolute atomic E-state index is 0.278. The van der Waals surface area contributed by atoms with Crippen molar-refractivity contribution >= 4 is 9.84 Å². The molecule has 0 saturated carbocycles. The van der Waals surface area contributed by atoms with Gasteiger partial charge in [0.1, 0.15) is 11.5 Å². The highest BCUT2D eigenvalue weighted by Gasteiger charge is 2.08. The van der Waals surface area contributed by atoms with Gasteiger partial charge in [0.15, 0.2) is 9.84 Å². The van der Waals surface area contributed by atoms with E-state index in [1.807, 2.05) is 24.3 Å². The minimum atomic E-state index is -3.18. The number of benzene rings is 2. The summed E-state index contributed by atoms with van der Waals surface area (Å²) >= 11 is 0. The van der Waals surface area contributed by atoms with Crippen LogP contribution in [0, 0.1) is 0 Å². The Labute approximate surface area is 119 Å². The third-order valence-electron chi connectivity index (χ3n) is 2.87. The maximum absolute atomic E-state index is 11.4. The molecular formula is C15H17NO3S. The number of sulfone groups is 1. The number of hydrogen-bond acceptors (Lipinski definition) is 4. The standard InChI is InChI=1S/C15H17NO3S/c1-20(17,18)14-8-6-13(7-9-14)19-15-5-3-2-4-12(15)10-11-16/h2-9H,10-11,16H2,1H3. The van der Waals surface area contributed by atoms with Crippen LogP contribution in [0.4, 0.5) is 0 Å². The fourth-order valence-electron chi connectivity index (χ4n) is 1.85. The Morgan fingerprint density at radius 2 is 1.70 bits per heavy atom. The summed E-state index contributed by atoms with van der Waals surface area (Å²) in [6.07, 6.45) is 1.91. The Morgan fingerprint density at radius 1 is 1.05 bits per heavy atom. The molecule has 20 heavy (non-hydrogen) atoms. The van der Waals surface area contributed by atoms with E-state index in [4.69, 9.17) is 10.5 Å². The topological polar surface area (TPSA) is 69.4 Å². The van der Waals surface area contributed by atoms with E-state index in [0.29, 0.717) is 12.3 Å². The monoisotopic (exact) mass is 291 g/mol. The summed E-state index contributed by atoms with van der Waals surface area (Å²) in [5, 5.41) is 0. The fourth-order valence-corrected chi connectivity index (χ4v) is 2.48. The maximum atomic E-state index is 11.4. The Kier molecular flexibility index (Phi) is 4.42. The summed E-state index contributed by atoms with van der Waals surface area (Å²) < 4.78 is 28.6. The van der Waals surface area contributed by atoms with Gasteiger partial charge in [-0.05, 0) is 48.9 Å². The van der Waals surface area contributed by atoms with E-state index in [9.17, 15) is 8.42 Å². The molecule has 5 heteroatoms. The molecule has 2 aromatic rings. The van der Waals surface area contributed by atoms with Crippen LogP contribution in [0.25, 0.3) is 0 Å². The molecule has 0 aliphatic heterocycles. The highest BCUT2D eigenvalue weighted by Crippen LogP contribution is 2.26. The third-order valence-corrected chi connectivity index (χ3v) is 3.99. The normalized spacial score (nSPS) is 11.3. The van der Waals surface area contributed by atoms with Crippen molar-refractivity contribution in [2.45, 2.75) is 11.3 Å². The molecule has 0 atom stereocenters. The molecule has 2 N–H and O–H groups in total. The molecule has 0 unspecified atom stereocenters. The van der Waals surface area contributed by atoms with E-state index in [-0.39, 0.29) is 4.90 Å². The molecule has 0 radical (unpaired) electrons. The largest absolute Gasteiger partial charge is 0.457 e. The second-order valence-electron chi connectivity index (χ2n) is 4.49. The first-order valence-corrected chi connectivity index (χ1v) is 8.16. The van der Waals surface area contributed by atoms with Crippen molar-refractivity contribution in [3.05, 3.63) is 54.1 Å². The lowest BCUT2D eigenvalue weighted by Gasteiger charge is -2.10. The van der Waals surface area contributed by atoms with E-state index in [1.165, 1.54) is 18.4 Å². The molecule has 0 bridgehead atoms. The summed E-state index contributed by atoms with van der Waals surface area (Å²) in [5.41, 5.74) is 6.60. The van der Waals surface area contributed by atoms with E-state index < -0.39 is 9.84 Å². The van der Waals surface area contributed by atoms with Crippen LogP contribution in [0.3, 0.4) is 0 Å². The highest BCUT2D eigenvalue weighted by molar-refractivity contribution is 7.90. The van der Waals surface area contributed by atoms with Gasteiger partial charge in [0.2, 0.25) is 0 Å². The predicted octanol–water partition coefficient (Wildman–Crippen LogP) is 2.38. The Balaban J connectivity index is 2.22. The molecular weight excluding hydrogens is 274 g/mol. The average molecular weight is 291 g/mol. The zero-order valence-corrected chi connectivity index (χ0v) is 12.1. The number of hydrogen-bond donors (Lipinski definition) is 1. The summed E-state index contributed by atoms with van der Waals surface area (Å²) in [4.78, 5) is 0.278. The molecule has 0 aliphatic carbocycles. The predicted molar refractivity (Wildman–Crippen MR) is 78.8 cm³/mol. The molecule has 0 aromatic heterocycles. The Bertz CT molecular complexity index is 679. The molecule has 0 saturated heterocycles. The first-order chi connectivity index (χ1) is 9.50. The zero-order valence-electron chi connectivity index (χ0n) is 11.2. The van der Waals surface area contributed by atoms with Gasteiger partial charge in [-0.2, -0.15) is 0 Å². The van der Waals surface area contributed by atoms with Crippen LogP contribution in [0.5, 0.6) is 11.5 Å². The number of para-hydroxylation sites is 1. The van der Waals surface area contributed by atoms with Crippen molar-refractivity contribution in [3.63, 3.8) is 0 Å². The van der Waals surface area contributed by atoms with Crippen molar-refractivity contribution in [3.8, 4) is 11.5 Å². The first-order valence-electron chi connectivity index (χ1n) is 6.26. The molecule has 0 heterocycles. The summed E-state index contributed by atoms with van der Waals surface area (Å²) in [6.45, 7) is 0.549. The van der Waals surface area contributed by atoms with E-state index >= 15 is 0 Å². The van der Waals surface area contributed by atoms with Crippen molar-refractivity contribution in [1.82, 2.24) is 0 Å². The second-order valence-corrected chi connectivity index (χ2v) is 6.51. The minimum Gasteiger partial charge on any atom is -0.457 e. The smallest absolute Gasteiger partial charge is 0.175 e. The first kappa shape index (κ1) is 14.6. The van der Waals surface area contributed by atoms with Crippen LogP contribution in [0.2, 0.25) is 0 Å². The van der Waals surface area contributed by atoms with Gasteiger partial charge in [0, 0.05) is 6.26 Å². The number of ether oxygens (including phenoxy) is 1. The summed E-state index contributed by atoms with van der Waals surface area (Å²) in [5.74, 6) is 1.34. The molecule has 0 amide bonds. The summed E-state index contributed by atoms with van der Waals surface area (Å²) in [6, 6.07) is 14.0. The van der Waals surface area contributed by atoms with Crippen LogP contribution in [0.1, 0.15) is 5.56 Å². The number of rotatable bonds is 5. The number of nitrogens with two attached hydrogens (primary N) is 1. The summed E-state index contributed by atoms with van der Waals surface area (Å²) in [7, 11) is -3.18. The van der Waals surface area contributed by atoms with Crippen molar-refractivity contribution in [2.24, 2.45) is 5.73 Å². The lowest BCUT2D eigenvalue weighted by molar-refractivity contribution is 0.475. The highest BCUT2D eigenvalue weighted by atomic mass is 32.2. The SMILES string of the molecule is CS(=O)(=O)c1ccc(Oc2ccccc2CCN)cc1. The molecule has 2 aromatic carbocycles. The Hall–Kier alpha value is -1.85. The molecule has 0 spiro atoms. The lowest BCUT2D eigenvalue weighted by Crippen LogP contribution is -2.04. The lowest BCUT2D eigenvalue weighted by atomic mass is 10.1. The van der Waals surface area contributed by atoms with E-state index in [1.54, 1.807) is 12.1 Å². The van der Waals surface area contributed by atoms with Gasteiger partial charge in [-0.3, -0.25) is 0 Å². The van der Waals surface area contributed by atoms with Crippen molar-refractivity contribution in [1.29, 1.82) is 0 Å². The Morgan fingerprint density at radius 3 is 2.30 bits per heavy atom. The van der Waals surface area contributed by atoms with Crippen LogP contribution < -0.4 is 10.5 Å². The second kappa shape index (κ2) is 6.07. The quantitative estimate of drug-likeness (QED) is 0.918. The fraction of sp³-hybridized carbons (Fsp3) is 0.200. The van der Waals surface area contributed by atoms with Gasteiger partial charge in [-0.1, -0.05) is 18.2 Å². The van der Waals surface area contributed by atoms with E-state index in [2.05, 4.69) is 0 Å².